The molecule has 0 saturated carbocycles. The quantitative estimate of drug-likeness (QED) is 0.180. The summed E-state index contributed by atoms with van der Waals surface area (Å²) in [5.41, 5.74) is 3.91. The van der Waals surface area contributed by atoms with Gasteiger partial charge in [-0.25, -0.2) is 27.2 Å². The molecule has 5 aromatic rings. The molecule has 5 rings (SSSR count). The number of nitrogens with one attached hydrogen (secondary N) is 2. The first-order valence-electron chi connectivity index (χ1n) is 11.1. The van der Waals surface area contributed by atoms with E-state index >= 15 is 0 Å². The number of nitrogens with zero attached hydrogens (tertiary/aromatic N) is 2. The van der Waals surface area contributed by atoms with Crippen molar-refractivity contribution in [2.45, 2.75) is 12.5 Å². The highest BCUT2D eigenvalue weighted by Gasteiger charge is 2.19. The Morgan fingerprint density at radius 3 is 2.41 bits per heavy atom. The normalized spacial score (nSPS) is 12.0. The zero-order valence-corrected chi connectivity index (χ0v) is 21.6. The molecule has 2 N–H and O–H groups in total. The van der Waals surface area contributed by atoms with E-state index in [1.165, 1.54) is 34.8 Å². The molecule has 0 aliphatic carbocycles. The minimum Gasteiger partial charge on any atom is -0.353 e. The van der Waals surface area contributed by atoms with Gasteiger partial charge in [0, 0.05) is 33.6 Å². The van der Waals surface area contributed by atoms with Crippen LogP contribution in [0.3, 0.4) is 0 Å². The summed E-state index contributed by atoms with van der Waals surface area (Å²) in [6.45, 7) is 0. The Morgan fingerprint density at radius 1 is 0.892 bits per heavy atom. The van der Waals surface area contributed by atoms with Crippen LogP contribution in [0.4, 0.5) is 19.6 Å². The van der Waals surface area contributed by atoms with Crippen LogP contribution in [0.5, 0.6) is 0 Å². The summed E-state index contributed by atoms with van der Waals surface area (Å²) in [4.78, 5) is 9.39. The lowest BCUT2D eigenvalue weighted by Crippen LogP contribution is -2.14. The molecule has 0 fully saturated rings. The number of thiol groups is 1. The van der Waals surface area contributed by atoms with E-state index in [1.807, 2.05) is 47.8 Å². The molecular formula is C26H20F2N4O2S3. The molecule has 2 heterocycles. The van der Waals surface area contributed by atoms with E-state index in [0.717, 1.165) is 27.9 Å². The van der Waals surface area contributed by atoms with Crippen molar-refractivity contribution in [2.24, 2.45) is 0 Å². The summed E-state index contributed by atoms with van der Waals surface area (Å²) in [5.74, 6) is -1.31. The summed E-state index contributed by atoms with van der Waals surface area (Å²) in [5, 5.41) is 8.58. The number of anilines is 2. The number of benzene rings is 3. The van der Waals surface area contributed by atoms with Crippen molar-refractivity contribution >= 4 is 44.4 Å². The number of rotatable bonds is 9. The molecule has 0 bridgehead atoms. The van der Waals surface area contributed by atoms with E-state index in [1.54, 1.807) is 17.5 Å². The minimum atomic E-state index is -2.74. The van der Waals surface area contributed by atoms with Gasteiger partial charge in [0.05, 0.1) is 17.4 Å². The zero-order valence-electron chi connectivity index (χ0n) is 19.1. The molecule has 0 amide bonds. The smallest absolute Gasteiger partial charge is 0.222 e. The third kappa shape index (κ3) is 6.19. The second-order valence-corrected chi connectivity index (χ2v) is 10.5. The average molecular weight is 555 g/mol. The topological polar surface area (TPSA) is 84.0 Å². The lowest BCUT2D eigenvalue weighted by Gasteiger charge is -2.17. The number of aromatic nitrogens is 2. The predicted molar refractivity (Wildman–Crippen MR) is 145 cm³/mol. The van der Waals surface area contributed by atoms with Crippen LogP contribution in [0.1, 0.15) is 17.3 Å². The maximum absolute atomic E-state index is 14.3. The van der Waals surface area contributed by atoms with Crippen LogP contribution in [0.25, 0.3) is 21.8 Å². The number of hydrogen-bond acceptors (Lipinski definition) is 7. The fraction of sp³-hybridized carbons (Fsp3) is 0.0769. The van der Waals surface area contributed by atoms with Crippen molar-refractivity contribution in [3.8, 4) is 21.8 Å². The molecule has 188 valence electrons. The fourth-order valence-electron chi connectivity index (χ4n) is 3.76. The first-order chi connectivity index (χ1) is 17.9. The van der Waals surface area contributed by atoms with Gasteiger partial charge in [-0.3, -0.25) is 4.72 Å². The van der Waals surface area contributed by atoms with Gasteiger partial charge >= 0.3 is 0 Å². The van der Waals surface area contributed by atoms with Crippen LogP contribution in [0.2, 0.25) is 0 Å². The van der Waals surface area contributed by atoms with Gasteiger partial charge in [0.15, 0.2) is 5.13 Å². The summed E-state index contributed by atoms with van der Waals surface area (Å²) >= 11 is 2.86. The van der Waals surface area contributed by atoms with Crippen molar-refractivity contribution in [1.29, 1.82) is 0 Å². The van der Waals surface area contributed by atoms with Gasteiger partial charge in [-0.05, 0) is 36.2 Å². The first-order valence-corrected chi connectivity index (χ1v) is 14.1. The van der Waals surface area contributed by atoms with E-state index in [4.69, 9.17) is 4.98 Å². The highest BCUT2D eigenvalue weighted by molar-refractivity contribution is 7.73. The second kappa shape index (κ2) is 11.2. The zero-order chi connectivity index (χ0) is 25.8. The Hall–Kier alpha value is -3.67. The predicted octanol–water partition coefficient (Wildman–Crippen LogP) is 6.55. The van der Waals surface area contributed by atoms with Gasteiger partial charge < -0.3 is 5.32 Å². The Morgan fingerprint density at radius 2 is 1.68 bits per heavy atom. The lowest BCUT2D eigenvalue weighted by atomic mass is 10.0. The van der Waals surface area contributed by atoms with Crippen LogP contribution >= 0.6 is 22.7 Å². The summed E-state index contributed by atoms with van der Waals surface area (Å²) < 4.78 is 51.9. The lowest BCUT2D eigenvalue weighted by molar-refractivity contribution is 0.585. The molecule has 0 radical (unpaired) electrons. The van der Waals surface area contributed by atoms with E-state index in [2.05, 4.69) is 15.0 Å². The summed E-state index contributed by atoms with van der Waals surface area (Å²) in [7, 11) is -2.74. The van der Waals surface area contributed by atoms with Gasteiger partial charge in [0.2, 0.25) is 10.9 Å². The molecule has 0 saturated heterocycles. The maximum Gasteiger partial charge on any atom is 0.222 e. The van der Waals surface area contributed by atoms with Crippen molar-refractivity contribution in [3.63, 3.8) is 0 Å². The molecule has 6 nitrogen and oxygen atoms in total. The summed E-state index contributed by atoms with van der Waals surface area (Å²) in [6, 6.07) is 20.1. The molecule has 0 aliphatic rings. The highest BCUT2D eigenvalue weighted by atomic mass is 32.2. The standard InChI is InChI=1S/C26H20F2N4O2S3/c27-18-8-11-20(21(28)13-18)23-14-36-26(31-23)30-22(12-16-6-9-19(10-7-16)32-37(33)34)24-15-35-25(29-24)17-4-2-1-3-5-17/h1-11,13-15,22,37H,12H2,(H,30,31)(H,32,33,34)/t22-/m0/s1. The van der Waals surface area contributed by atoms with Gasteiger partial charge in [0.1, 0.15) is 16.6 Å². The van der Waals surface area contributed by atoms with Gasteiger partial charge in [-0.1, -0.05) is 42.5 Å². The summed E-state index contributed by atoms with van der Waals surface area (Å²) in [6.07, 6.45) is 0.543. The first kappa shape index (κ1) is 25.0. The largest absolute Gasteiger partial charge is 0.353 e. The second-order valence-electron chi connectivity index (χ2n) is 8.07. The van der Waals surface area contributed by atoms with E-state index in [0.29, 0.717) is 22.9 Å². The van der Waals surface area contributed by atoms with E-state index in [-0.39, 0.29) is 11.6 Å². The third-order valence-electron chi connectivity index (χ3n) is 5.52. The van der Waals surface area contributed by atoms with Crippen molar-refractivity contribution in [2.75, 3.05) is 10.0 Å². The van der Waals surface area contributed by atoms with Crippen LogP contribution < -0.4 is 10.0 Å². The molecule has 0 spiro atoms. The van der Waals surface area contributed by atoms with E-state index in [9.17, 15) is 17.2 Å². The van der Waals surface area contributed by atoms with Crippen molar-refractivity contribution in [3.05, 3.63) is 106 Å². The SMILES string of the molecule is O=[SH](=O)Nc1ccc(C[C@H](Nc2nc(-c3ccc(F)cc3F)cs2)c2csc(-c3ccccc3)n2)cc1. The van der Waals surface area contributed by atoms with E-state index < -0.39 is 22.5 Å². The maximum atomic E-state index is 14.3. The molecule has 0 aliphatic heterocycles. The number of thiazole rings is 2. The van der Waals surface area contributed by atoms with Crippen LogP contribution in [0.15, 0.2) is 83.6 Å². The van der Waals surface area contributed by atoms with Gasteiger partial charge in [-0.2, -0.15) is 0 Å². The molecule has 37 heavy (non-hydrogen) atoms. The number of hydrogen-bond donors (Lipinski definition) is 3. The van der Waals surface area contributed by atoms with Gasteiger partial charge in [0.25, 0.3) is 0 Å². The monoisotopic (exact) mass is 554 g/mol. The third-order valence-corrected chi connectivity index (χ3v) is 7.65. The average Bonchev–Trinajstić information content (AvgIpc) is 3.55. The van der Waals surface area contributed by atoms with Crippen molar-refractivity contribution < 1.29 is 17.2 Å². The molecule has 2 aromatic heterocycles. The molecule has 11 heteroatoms. The van der Waals surface area contributed by atoms with Crippen LogP contribution in [-0.4, -0.2) is 18.4 Å². The number of halogens is 2. The Bertz CT molecular complexity index is 1580. The molecular weight excluding hydrogens is 535 g/mol. The van der Waals surface area contributed by atoms with Crippen LogP contribution in [0, 0.1) is 11.6 Å². The van der Waals surface area contributed by atoms with Crippen LogP contribution in [-0.2, 0) is 17.3 Å². The van der Waals surface area contributed by atoms with Crippen molar-refractivity contribution in [1.82, 2.24) is 9.97 Å². The molecule has 0 unspecified atom stereocenters. The Kier molecular flexibility index (Phi) is 7.54. The fourth-order valence-corrected chi connectivity index (χ4v) is 5.76. The minimum absolute atomic E-state index is 0.224. The van der Waals surface area contributed by atoms with Gasteiger partial charge in [-0.15, -0.1) is 22.7 Å². The highest BCUT2D eigenvalue weighted by Crippen LogP contribution is 2.33. The Labute approximate surface area is 221 Å². The molecule has 3 aromatic carbocycles. The molecule has 1 atom stereocenters. The Balaban J connectivity index is 1.42.